The number of nitrogens with zero attached hydrogens (tertiary/aromatic N) is 10. The molecule has 548 valence electrons. The van der Waals surface area contributed by atoms with E-state index < -0.39 is 171 Å². The van der Waals surface area contributed by atoms with Crippen molar-refractivity contribution in [3.8, 4) is 0 Å². The summed E-state index contributed by atoms with van der Waals surface area (Å²) in [6.45, 7) is 4.09. The van der Waals surface area contributed by atoms with Gasteiger partial charge in [-0.05, 0) is 31.2 Å². The van der Waals surface area contributed by atoms with E-state index in [1.807, 2.05) is 0 Å². The molecule has 0 spiro atoms. The molecular weight excluding hydrogens is 1440 g/mol. The minimum Gasteiger partial charge on any atom is -0.455 e. The van der Waals surface area contributed by atoms with Gasteiger partial charge in [0.15, 0.2) is 52.8 Å². The zero-order chi connectivity index (χ0) is 73.5. The number of esters is 2. The number of ether oxygens (including phenoxy) is 6. The van der Waals surface area contributed by atoms with E-state index in [0.717, 1.165) is 39.8 Å². The van der Waals surface area contributed by atoms with E-state index in [-0.39, 0.29) is 68.9 Å². The Hall–Kier alpha value is -8.35. The van der Waals surface area contributed by atoms with Crippen molar-refractivity contribution in [3.05, 3.63) is 118 Å². The summed E-state index contributed by atoms with van der Waals surface area (Å²) in [5, 5.41) is 27.0. The maximum atomic E-state index is 14.6. The number of aryl methyl sites for hydroxylation is 1. The standard InChI is InChI=1S/C55H65N15O28P4/c1-7-67-24-70(44-34(67)48(76)64-54(56)62-44)49-36(72)35(71)29(91-49)18-89-100(81,82)97-102(85,86)98-101(83,84)90-20-31-38(39(87-6)50(93-31)68-22-59-32-41(57-21-58-42(32)68)61-45(73)27-14-10-8-11-15-27)96-99(79,80)88-19-30-37(94-52(77)25(2)3)40(95-53(78)26(4)5)51(92-30)69-23-60-33-43(69)63-55(66-47(33)75)65-46(74)28-16-12-9-13-17-28/h8-17,21-26,29-31,35-40,49-51,71-72H,7,18-20H2,1-6H3,(H9-,56,57,58,61,62,63,64,65,66,73,74,75,76,79,80,81,82,83,84,85,86)/p+1/t29-,30-,31-,35-,36-,37-,38-,39-,40-,49-,50-,51-/m1/s1. The van der Waals surface area contributed by atoms with E-state index in [2.05, 4.69) is 59.1 Å². The topological polar surface area (TPSA) is 581 Å². The second kappa shape index (κ2) is 30.2. The number of rotatable bonds is 28. The van der Waals surface area contributed by atoms with Gasteiger partial charge in [-0.1, -0.05) is 64.1 Å². The maximum Gasteiger partial charge on any atom is 0.490 e. The third-order valence-electron chi connectivity index (χ3n) is 15.7. The summed E-state index contributed by atoms with van der Waals surface area (Å²) in [5.41, 5.74) is 3.74. The van der Waals surface area contributed by atoms with Crippen molar-refractivity contribution < 1.29 is 127 Å². The van der Waals surface area contributed by atoms with Crippen LogP contribution in [0.3, 0.4) is 0 Å². The van der Waals surface area contributed by atoms with Gasteiger partial charge in [0, 0.05) is 18.2 Å². The van der Waals surface area contributed by atoms with Gasteiger partial charge in [0.1, 0.15) is 49.1 Å². The van der Waals surface area contributed by atoms with Crippen LogP contribution in [0.25, 0.3) is 33.5 Å². The molecule has 9 heterocycles. The van der Waals surface area contributed by atoms with Crippen LogP contribution in [0.15, 0.2) is 95.6 Å². The van der Waals surface area contributed by atoms with E-state index >= 15 is 0 Å². The number of nitrogens with one attached hydrogen (secondary N) is 4. The van der Waals surface area contributed by atoms with Crippen LogP contribution in [-0.2, 0) is 89.5 Å². The Morgan fingerprint density at radius 2 is 1.14 bits per heavy atom. The zero-order valence-corrected chi connectivity index (χ0v) is 57.6. The molecule has 43 nitrogen and oxygen atoms in total. The molecule has 3 aliphatic rings. The maximum absolute atomic E-state index is 14.6. The molecule has 3 saturated heterocycles. The number of fused-ring (bicyclic) bond motifs is 3. The van der Waals surface area contributed by atoms with Crippen molar-refractivity contribution in [2.45, 2.75) is 115 Å². The number of amides is 2. The number of H-pyrrole nitrogens is 2. The summed E-state index contributed by atoms with van der Waals surface area (Å²) in [7, 11) is -23.1. The Balaban J connectivity index is 0.837. The minimum absolute atomic E-state index is 0.0104. The lowest BCUT2D eigenvalue weighted by Gasteiger charge is -2.27. The fraction of sp³-hybridized carbons (Fsp3) is 0.436. The number of aromatic nitrogens is 12. The summed E-state index contributed by atoms with van der Waals surface area (Å²) in [6.07, 6.45) is -16.8. The Morgan fingerprint density at radius 1 is 0.608 bits per heavy atom. The molecule has 0 saturated carbocycles. The number of methoxy groups -OCH3 is 1. The van der Waals surface area contributed by atoms with Crippen molar-refractivity contribution in [1.29, 1.82) is 0 Å². The third-order valence-corrected chi connectivity index (χ3v) is 20.9. The number of hydrogen-bond acceptors (Lipinski definition) is 31. The lowest BCUT2D eigenvalue weighted by Crippen LogP contribution is -2.42. The van der Waals surface area contributed by atoms with Gasteiger partial charge in [0.25, 0.3) is 28.5 Å². The van der Waals surface area contributed by atoms with Gasteiger partial charge in [0.2, 0.25) is 24.5 Å². The van der Waals surface area contributed by atoms with Crippen LogP contribution in [0, 0.1) is 11.8 Å². The molecule has 6 aromatic heterocycles. The Morgan fingerprint density at radius 3 is 1.73 bits per heavy atom. The van der Waals surface area contributed by atoms with Crippen LogP contribution in [0.5, 0.6) is 0 Å². The number of aromatic amines is 2. The molecule has 2 amide bonds. The average molecular weight is 1510 g/mol. The molecule has 16 atom stereocenters. The van der Waals surface area contributed by atoms with Crippen molar-refractivity contribution in [3.63, 3.8) is 0 Å². The quantitative estimate of drug-likeness (QED) is 0.0188. The number of nitrogens with two attached hydrogens (primary N) is 1. The highest BCUT2D eigenvalue weighted by molar-refractivity contribution is 7.66. The number of anilines is 3. The van der Waals surface area contributed by atoms with E-state index in [1.54, 1.807) is 43.3 Å². The smallest absolute Gasteiger partial charge is 0.455 e. The van der Waals surface area contributed by atoms with Crippen LogP contribution in [-0.4, -0.2) is 189 Å². The molecule has 3 aliphatic heterocycles. The first kappa shape index (κ1) is 74.8. The second-order valence-corrected chi connectivity index (χ2v) is 29.4. The van der Waals surface area contributed by atoms with Gasteiger partial charge in [-0.3, -0.25) is 71.3 Å². The van der Waals surface area contributed by atoms with E-state index in [1.165, 1.54) is 62.9 Å². The lowest BCUT2D eigenvalue weighted by molar-refractivity contribution is -0.669. The van der Waals surface area contributed by atoms with Gasteiger partial charge in [-0.15, -0.1) is 0 Å². The first-order valence-electron chi connectivity index (χ1n) is 30.5. The van der Waals surface area contributed by atoms with Gasteiger partial charge >= 0.3 is 48.8 Å². The Bertz CT molecular complexity index is 4790. The highest BCUT2D eigenvalue weighted by atomic mass is 31.3. The summed E-state index contributed by atoms with van der Waals surface area (Å²) >= 11 is 0. The van der Waals surface area contributed by atoms with Gasteiger partial charge in [-0.2, -0.15) is 23.2 Å². The van der Waals surface area contributed by atoms with Crippen LogP contribution < -0.4 is 32.1 Å². The van der Waals surface area contributed by atoms with Gasteiger partial charge < -0.3 is 69.3 Å². The average Bonchev–Trinajstić information content (AvgIpc) is 1.61. The normalized spacial score (nSPS) is 25.3. The Kier molecular flexibility index (Phi) is 22.1. The predicted octanol–water partition coefficient (Wildman–Crippen LogP) is 1.53. The van der Waals surface area contributed by atoms with Crippen molar-refractivity contribution in [1.82, 2.24) is 53.6 Å². The fourth-order valence-electron chi connectivity index (χ4n) is 10.9. The number of hydrogen-bond donors (Lipinski definition) is 11. The fourth-order valence-corrected chi connectivity index (χ4v) is 15.3. The number of imidazole rings is 3. The molecule has 0 aliphatic carbocycles. The zero-order valence-electron chi connectivity index (χ0n) is 54.0. The molecular formula is C55H66N15O28P4+. The van der Waals surface area contributed by atoms with Gasteiger partial charge in [0.05, 0.1) is 50.9 Å². The molecule has 11 rings (SSSR count). The first-order valence-corrected chi connectivity index (χ1v) is 36.5. The SMILES string of the molecule is CC[n+]1cn([C@@H]2O[C@H](COP(=O)(O)OP(=O)(O)OP(=O)(O)OC[C@H]3O[C@@H](n4cnc5c(NC(=O)c6ccccc6)ncnc54)[C@H](OC)[C@@H]3OP(=O)(O)OC[C@H]3O[C@@H](n4cnc5c(=O)[nH]c(NC(=O)c6ccccc6)nc54)[C@H](OC(=O)C(C)C)[C@@H]3OC(=O)C(C)C)[C@@H](O)[C@H]2O)c2nc(N)[nH]c(=O)c21. The van der Waals surface area contributed by atoms with Crippen molar-refractivity contribution >= 4 is 106 Å². The monoisotopic (exact) mass is 1510 g/mol. The molecule has 0 bridgehead atoms. The van der Waals surface area contributed by atoms with Crippen LogP contribution in [0.4, 0.5) is 17.7 Å². The lowest BCUT2D eigenvalue weighted by atomic mass is 10.1. The molecule has 4 unspecified atom stereocenters. The molecule has 47 heteroatoms. The van der Waals surface area contributed by atoms with E-state index in [0.29, 0.717) is 0 Å². The third kappa shape index (κ3) is 16.3. The molecule has 2 aromatic carbocycles. The number of phosphoric acid groups is 4. The van der Waals surface area contributed by atoms with E-state index in [4.69, 9.17) is 52.2 Å². The summed E-state index contributed by atoms with van der Waals surface area (Å²) < 4.78 is 125. The Labute approximate surface area is 572 Å². The summed E-state index contributed by atoms with van der Waals surface area (Å²) in [4.78, 5) is 154. The first-order chi connectivity index (χ1) is 48.2. The van der Waals surface area contributed by atoms with Gasteiger partial charge in [-0.25, -0.2) is 42.8 Å². The highest BCUT2D eigenvalue weighted by Crippen LogP contribution is 2.68. The number of benzene rings is 2. The van der Waals surface area contributed by atoms with Crippen LogP contribution >= 0.6 is 31.3 Å². The summed E-state index contributed by atoms with van der Waals surface area (Å²) in [6, 6.07) is 15.8. The number of nitrogen functional groups attached to an aromatic ring is 1. The largest absolute Gasteiger partial charge is 0.490 e. The molecule has 8 aromatic rings. The van der Waals surface area contributed by atoms with E-state index in [9.17, 15) is 76.8 Å². The molecule has 12 N–H and O–H groups in total. The van der Waals surface area contributed by atoms with Crippen LogP contribution in [0.2, 0.25) is 0 Å². The molecule has 0 radical (unpaired) electrons. The molecule has 102 heavy (non-hydrogen) atoms. The van der Waals surface area contributed by atoms with Crippen molar-refractivity contribution in [2.24, 2.45) is 11.8 Å². The number of aliphatic hydroxyl groups excluding tert-OH is 2. The number of carbonyl (C=O) groups excluding carboxylic acids is 4. The number of aliphatic hydroxyl groups is 2. The predicted molar refractivity (Wildman–Crippen MR) is 341 cm³/mol. The summed E-state index contributed by atoms with van der Waals surface area (Å²) in [5.74, 6) is -5.60. The minimum atomic E-state index is -6.33. The number of phosphoric ester groups is 3. The van der Waals surface area contributed by atoms with Crippen molar-refractivity contribution in [2.75, 3.05) is 43.3 Å². The number of carbonyl (C=O) groups is 4. The second-order valence-electron chi connectivity index (χ2n) is 23.3. The highest BCUT2D eigenvalue weighted by Gasteiger charge is 2.56. The molecule has 3 fully saturated rings. The van der Waals surface area contributed by atoms with Crippen LogP contribution in [0.1, 0.15) is 74.0 Å².